The Hall–Kier alpha value is -2.94. The number of rotatable bonds is 2. The summed E-state index contributed by atoms with van der Waals surface area (Å²) in [7, 11) is 1.32. The van der Waals surface area contributed by atoms with Gasteiger partial charge in [-0.1, -0.05) is 6.07 Å². The van der Waals surface area contributed by atoms with Crippen LogP contribution in [-0.4, -0.2) is 57.9 Å². The van der Waals surface area contributed by atoms with Crippen LogP contribution >= 0.6 is 0 Å². The van der Waals surface area contributed by atoms with Gasteiger partial charge < -0.3 is 15.0 Å². The summed E-state index contributed by atoms with van der Waals surface area (Å²) in [6, 6.07) is 6.44. The standard InChI is InChI=1S/C20H23N5O4/c1-29-20(28)15-8-14-11-23(5-6-24(14)22-15)19(27)18-13-7-12(9-21-10-13)16-3-2-4-17(26)25(16)18/h2-4,8,12-13,18,21H,5-7,9-11H2,1H3/t12-,13+,18-/m1/s1. The summed E-state index contributed by atoms with van der Waals surface area (Å²) in [6.07, 6.45) is 0.908. The van der Waals surface area contributed by atoms with Gasteiger partial charge in [0.1, 0.15) is 6.04 Å². The molecule has 2 aromatic heterocycles. The first-order chi connectivity index (χ1) is 14.1. The van der Waals surface area contributed by atoms with Crippen LogP contribution in [0.4, 0.5) is 0 Å². The lowest BCUT2D eigenvalue weighted by atomic mass is 9.79. The topological polar surface area (TPSA) is 98.5 Å². The van der Waals surface area contributed by atoms with E-state index in [2.05, 4.69) is 10.4 Å². The van der Waals surface area contributed by atoms with E-state index < -0.39 is 12.0 Å². The Balaban J connectivity index is 1.47. The molecule has 152 valence electrons. The van der Waals surface area contributed by atoms with Crippen molar-refractivity contribution in [3.63, 3.8) is 0 Å². The second-order valence-electron chi connectivity index (χ2n) is 7.95. The molecular weight excluding hydrogens is 374 g/mol. The monoisotopic (exact) mass is 397 g/mol. The van der Waals surface area contributed by atoms with E-state index in [1.54, 1.807) is 26.3 Å². The van der Waals surface area contributed by atoms with Crippen LogP contribution in [0.1, 0.15) is 40.3 Å². The number of hydrogen-bond donors (Lipinski definition) is 1. The van der Waals surface area contributed by atoms with Crippen LogP contribution in [0.25, 0.3) is 0 Å². The minimum atomic E-state index is -0.503. The van der Waals surface area contributed by atoms with Gasteiger partial charge in [-0.25, -0.2) is 4.79 Å². The number of carbonyl (C=O) groups excluding carboxylic acids is 2. The second-order valence-corrected chi connectivity index (χ2v) is 7.95. The van der Waals surface area contributed by atoms with Gasteiger partial charge in [-0.05, 0) is 18.6 Å². The summed E-state index contributed by atoms with van der Waals surface area (Å²) in [5, 5.41) is 7.69. The Morgan fingerprint density at radius 1 is 1.24 bits per heavy atom. The molecule has 0 radical (unpaired) electrons. The predicted octanol–water partition coefficient (Wildman–Crippen LogP) is 0.122. The fourth-order valence-corrected chi connectivity index (χ4v) is 4.96. The summed E-state index contributed by atoms with van der Waals surface area (Å²) in [4.78, 5) is 39.8. The van der Waals surface area contributed by atoms with Gasteiger partial charge >= 0.3 is 5.97 Å². The second kappa shape index (κ2) is 6.84. The molecule has 2 bridgehead atoms. The van der Waals surface area contributed by atoms with Crippen LogP contribution in [0.5, 0.6) is 0 Å². The van der Waals surface area contributed by atoms with Gasteiger partial charge in [0.15, 0.2) is 5.69 Å². The fourth-order valence-electron chi connectivity index (χ4n) is 4.96. The highest BCUT2D eigenvalue weighted by atomic mass is 16.5. The van der Waals surface area contributed by atoms with E-state index in [1.165, 1.54) is 13.2 Å². The van der Waals surface area contributed by atoms with E-state index in [0.717, 1.165) is 30.9 Å². The molecule has 5 heterocycles. The third-order valence-corrected chi connectivity index (χ3v) is 6.31. The Labute approximate surface area is 167 Å². The normalized spacial score (nSPS) is 25.1. The van der Waals surface area contributed by atoms with Crippen molar-refractivity contribution in [3.8, 4) is 0 Å². The highest BCUT2D eigenvalue weighted by Gasteiger charge is 2.43. The number of carbonyl (C=O) groups is 2. The Kier molecular flexibility index (Phi) is 4.27. The molecule has 0 saturated carbocycles. The van der Waals surface area contributed by atoms with Crippen LogP contribution in [0, 0.1) is 5.92 Å². The van der Waals surface area contributed by atoms with Crippen molar-refractivity contribution in [2.24, 2.45) is 5.92 Å². The molecule has 3 aliphatic rings. The molecule has 0 unspecified atom stereocenters. The number of nitrogens with zero attached hydrogens (tertiary/aromatic N) is 4. The SMILES string of the molecule is COC(=O)c1cc2n(n1)CCN(C(=O)[C@H]1[C@@H]3CNC[C@@H](C3)c3cccc(=O)n31)C2. The maximum Gasteiger partial charge on any atom is 0.358 e. The lowest BCUT2D eigenvalue weighted by Crippen LogP contribution is -2.53. The molecule has 2 aromatic rings. The van der Waals surface area contributed by atoms with E-state index in [4.69, 9.17) is 4.74 Å². The van der Waals surface area contributed by atoms with Gasteiger partial charge in [0.25, 0.3) is 5.56 Å². The third-order valence-electron chi connectivity index (χ3n) is 6.31. The van der Waals surface area contributed by atoms with Gasteiger partial charge in [-0.2, -0.15) is 5.10 Å². The zero-order chi connectivity index (χ0) is 20.1. The summed E-state index contributed by atoms with van der Waals surface area (Å²) in [5.74, 6) is -0.181. The van der Waals surface area contributed by atoms with Gasteiger partial charge in [0.05, 0.1) is 25.9 Å². The molecule has 0 aromatic carbocycles. The van der Waals surface area contributed by atoms with E-state index in [-0.39, 0.29) is 29.0 Å². The molecule has 3 atom stereocenters. The minimum absolute atomic E-state index is 0.0428. The number of esters is 1. The fraction of sp³-hybridized carbons (Fsp3) is 0.500. The van der Waals surface area contributed by atoms with Gasteiger partial charge in [-0.15, -0.1) is 0 Å². The van der Waals surface area contributed by atoms with Crippen LogP contribution in [0.15, 0.2) is 29.1 Å². The average Bonchev–Trinajstić information content (AvgIpc) is 3.17. The zero-order valence-corrected chi connectivity index (χ0v) is 16.2. The summed E-state index contributed by atoms with van der Waals surface area (Å²) in [6.45, 7) is 2.92. The molecule has 1 saturated heterocycles. The van der Waals surface area contributed by atoms with Crippen molar-refractivity contribution in [1.82, 2.24) is 24.6 Å². The van der Waals surface area contributed by atoms with Gasteiger partial charge in [-0.3, -0.25) is 18.8 Å². The number of pyridine rings is 1. The minimum Gasteiger partial charge on any atom is -0.464 e. The number of fused-ring (bicyclic) bond motifs is 5. The van der Waals surface area contributed by atoms with Crippen molar-refractivity contribution >= 4 is 11.9 Å². The molecule has 29 heavy (non-hydrogen) atoms. The van der Waals surface area contributed by atoms with Gasteiger partial charge in [0, 0.05) is 43.2 Å². The quantitative estimate of drug-likeness (QED) is 0.723. The third kappa shape index (κ3) is 2.88. The molecule has 9 nitrogen and oxygen atoms in total. The number of ether oxygens (including phenoxy) is 1. The number of methoxy groups -OCH3 is 1. The average molecular weight is 397 g/mol. The summed E-state index contributed by atoms with van der Waals surface area (Å²) in [5.41, 5.74) is 1.86. The molecule has 1 amide bonds. The smallest absolute Gasteiger partial charge is 0.358 e. The molecule has 0 aliphatic carbocycles. The van der Waals surface area contributed by atoms with Crippen LogP contribution < -0.4 is 10.9 Å². The van der Waals surface area contributed by atoms with Crippen LogP contribution in [0.2, 0.25) is 0 Å². The number of hydrogen-bond acceptors (Lipinski definition) is 6. The Bertz CT molecular complexity index is 1040. The molecule has 5 rings (SSSR count). The number of nitrogens with one attached hydrogen (secondary N) is 1. The Morgan fingerprint density at radius 3 is 2.93 bits per heavy atom. The maximum atomic E-state index is 13.6. The maximum absolute atomic E-state index is 13.6. The highest BCUT2D eigenvalue weighted by Crippen LogP contribution is 2.39. The van der Waals surface area contributed by atoms with E-state index in [1.807, 2.05) is 6.07 Å². The molecular formula is C20H23N5O4. The predicted molar refractivity (Wildman–Crippen MR) is 102 cm³/mol. The summed E-state index contributed by atoms with van der Waals surface area (Å²) >= 11 is 0. The first-order valence-corrected chi connectivity index (χ1v) is 9.93. The zero-order valence-electron chi connectivity index (χ0n) is 16.2. The molecule has 0 spiro atoms. The van der Waals surface area contributed by atoms with Crippen LogP contribution in [-0.2, 0) is 22.6 Å². The number of piperidine rings is 1. The van der Waals surface area contributed by atoms with Gasteiger partial charge in [0.2, 0.25) is 5.91 Å². The van der Waals surface area contributed by atoms with E-state index >= 15 is 0 Å². The van der Waals surface area contributed by atoms with Crippen molar-refractivity contribution < 1.29 is 14.3 Å². The molecule has 3 aliphatic heterocycles. The Morgan fingerprint density at radius 2 is 2.10 bits per heavy atom. The highest BCUT2D eigenvalue weighted by molar-refractivity contribution is 5.87. The van der Waals surface area contributed by atoms with E-state index in [9.17, 15) is 14.4 Å². The number of amides is 1. The lowest BCUT2D eigenvalue weighted by Gasteiger charge is -2.44. The lowest BCUT2D eigenvalue weighted by molar-refractivity contribution is -0.139. The van der Waals surface area contributed by atoms with Crippen molar-refractivity contribution in [1.29, 1.82) is 0 Å². The van der Waals surface area contributed by atoms with Crippen molar-refractivity contribution in [2.45, 2.75) is 31.5 Å². The molecule has 9 heteroatoms. The van der Waals surface area contributed by atoms with Crippen molar-refractivity contribution in [2.75, 3.05) is 26.7 Å². The molecule has 1 fully saturated rings. The van der Waals surface area contributed by atoms with Crippen molar-refractivity contribution in [3.05, 3.63) is 51.7 Å². The largest absolute Gasteiger partial charge is 0.464 e. The first-order valence-electron chi connectivity index (χ1n) is 9.93. The molecule has 1 N–H and O–H groups in total. The number of aromatic nitrogens is 3. The first kappa shape index (κ1) is 18.1. The van der Waals surface area contributed by atoms with E-state index in [0.29, 0.717) is 19.6 Å². The summed E-state index contributed by atoms with van der Waals surface area (Å²) < 4.78 is 8.20. The van der Waals surface area contributed by atoms with Crippen LogP contribution in [0.3, 0.4) is 0 Å².